The van der Waals surface area contributed by atoms with Crippen LogP contribution < -0.4 is 0 Å². The quantitative estimate of drug-likeness (QED) is 0.916. The van der Waals surface area contributed by atoms with Crippen LogP contribution in [0.1, 0.15) is 43.2 Å². The molecule has 1 aliphatic rings. The van der Waals surface area contributed by atoms with Crippen molar-refractivity contribution in [3.05, 3.63) is 54.1 Å². The molecule has 1 N–H and O–H groups in total. The summed E-state index contributed by atoms with van der Waals surface area (Å²) in [6.07, 6.45) is 7.54. The summed E-state index contributed by atoms with van der Waals surface area (Å²) < 4.78 is 1.92. The fourth-order valence-electron chi connectivity index (χ4n) is 3.38. The smallest absolute Gasteiger partial charge is 0.138 e. The molecule has 2 aromatic rings. The Hall–Kier alpha value is -1.61. The van der Waals surface area contributed by atoms with Gasteiger partial charge in [0.15, 0.2) is 0 Å². The van der Waals surface area contributed by atoms with Crippen molar-refractivity contribution >= 4 is 0 Å². The molecule has 0 saturated heterocycles. The Labute approximate surface area is 113 Å². The van der Waals surface area contributed by atoms with Crippen molar-refractivity contribution in [2.24, 2.45) is 7.05 Å². The van der Waals surface area contributed by atoms with Gasteiger partial charge in [0, 0.05) is 24.9 Å². The van der Waals surface area contributed by atoms with Crippen molar-refractivity contribution in [3.8, 4) is 0 Å². The maximum atomic E-state index is 10.9. The zero-order valence-electron chi connectivity index (χ0n) is 11.3. The van der Waals surface area contributed by atoms with E-state index in [1.165, 1.54) is 18.4 Å². The Morgan fingerprint density at radius 1 is 1.21 bits per heavy atom. The molecule has 1 unspecified atom stereocenters. The van der Waals surface area contributed by atoms with Crippen molar-refractivity contribution in [2.75, 3.05) is 0 Å². The standard InChI is InChI=1S/C16H20N2O/c1-18-12-11-17-15(18)14(19)16(9-5-6-10-16)13-7-3-2-4-8-13/h2-4,7-8,11-12,14,19H,5-6,9-10H2,1H3. The lowest BCUT2D eigenvalue weighted by Gasteiger charge is -2.34. The van der Waals surface area contributed by atoms with Gasteiger partial charge < -0.3 is 9.67 Å². The van der Waals surface area contributed by atoms with E-state index in [9.17, 15) is 5.11 Å². The Morgan fingerprint density at radius 3 is 2.47 bits per heavy atom. The molecule has 0 amide bonds. The second kappa shape index (κ2) is 4.82. The largest absolute Gasteiger partial charge is 0.384 e. The highest BCUT2D eigenvalue weighted by Gasteiger charge is 2.44. The fourth-order valence-corrected chi connectivity index (χ4v) is 3.38. The van der Waals surface area contributed by atoms with Crippen LogP contribution in [-0.4, -0.2) is 14.7 Å². The van der Waals surface area contributed by atoms with Crippen molar-refractivity contribution < 1.29 is 5.11 Å². The van der Waals surface area contributed by atoms with Gasteiger partial charge in [-0.3, -0.25) is 0 Å². The van der Waals surface area contributed by atoms with Crippen LogP contribution in [0.2, 0.25) is 0 Å². The number of hydrogen-bond donors (Lipinski definition) is 1. The number of benzene rings is 1. The number of imidazole rings is 1. The molecule has 100 valence electrons. The lowest BCUT2D eigenvalue weighted by molar-refractivity contribution is 0.0717. The summed E-state index contributed by atoms with van der Waals surface area (Å²) in [6, 6.07) is 10.4. The van der Waals surface area contributed by atoms with Gasteiger partial charge in [0.1, 0.15) is 11.9 Å². The normalized spacial score (nSPS) is 19.5. The molecule has 0 spiro atoms. The summed E-state index contributed by atoms with van der Waals surface area (Å²) in [5, 5.41) is 10.9. The number of nitrogens with zero attached hydrogens (tertiary/aromatic N) is 2. The first kappa shape index (κ1) is 12.4. The van der Waals surface area contributed by atoms with Crippen molar-refractivity contribution in [1.29, 1.82) is 0 Å². The van der Waals surface area contributed by atoms with Crippen LogP contribution in [0, 0.1) is 0 Å². The van der Waals surface area contributed by atoms with Crippen molar-refractivity contribution in [2.45, 2.75) is 37.2 Å². The van der Waals surface area contributed by atoms with Gasteiger partial charge in [-0.15, -0.1) is 0 Å². The molecule has 1 atom stereocenters. The van der Waals surface area contributed by atoms with Crippen LogP contribution in [0.25, 0.3) is 0 Å². The van der Waals surface area contributed by atoms with Crippen LogP contribution in [0.4, 0.5) is 0 Å². The molecule has 1 fully saturated rings. The fraction of sp³-hybridized carbons (Fsp3) is 0.438. The third-order valence-corrected chi connectivity index (χ3v) is 4.47. The predicted octanol–water partition coefficient (Wildman–Crippen LogP) is 2.97. The first-order valence-corrected chi connectivity index (χ1v) is 6.95. The number of aliphatic hydroxyl groups excluding tert-OH is 1. The highest BCUT2D eigenvalue weighted by atomic mass is 16.3. The predicted molar refractivity (Wildman–Crippen MR) is 74.8 cm³/mol. The van der Waals surface area contributed by atoms with E-state index < -0.39 is 6.10 Å². The van der Waals surface area contributed by atoms with E-state index in [4.69, 9.17) is 0 Å². The van der Waals surface area contributed by atoms with E-state index in [1.54, 1.807) is 6.20 Å². The van der Waals surface area contributed by atoms with Gasteiger partial charge in [-0.2, -0.15) is 0 Å². The Kier molecular flexibility index (Phi) is 3.15. The molecule has 1 saturated carbocycles. The number of hydrogen-bond acceptors (Lipinski definition) is 2. The average Bonchev–Trinajstić information content (AvgIpc) is 3.08. The Balaban J connectivity index is 2.04. The minimum atomic E-state index is -0.530. The van der Waals surface area contributed by atoms with E-state index in [1.807, 2.05) is 23.9 Å². The molecule has 19 heavy (non-hydrogen) atoms. The monoisotopic (exact) mass is 256 g/mol. The molecule has 0 radical (unpaired) electrons. The molecule has 3 nitrogen and oxygen atoms in total. The molecular weight excluding hydrogens is 236 g/mol. The van der Waals surface area contributed by atoms with E-state index in [0.717, 1.165) is 18.7 Å². The van der Waals surface area contributed by atoms with Crippen LogP contribution in [0.5, 0.6) is 0 Å². The molecule has 1 aromatic heterocycles. The summed E-state index contributed by atoms with van der Waals surface area (Å²) in [4.78, 5) is 4.34. The van der Waals surface area contributed by atoms with Gasteiger partial charge in [0.05, 0.1) is 0 Å². The maximum Gasteiger partial charge on any atom is 0.138 e. The molecule has 1 aliphatic carbocycles. The van der Waals surface area contributed by atoms with Crippen LogP contribution >= 0.6 is 0 Å². The van der Waals surface area contributed by atoms with Crippen LogP contribution in [0.15, 0.2) is 42.7 Å². The third kappa shape index (κ3) is 1.98. The first-order valence-electron chi connectivity index (χ1n) is 6.95. The molecule has 3 rings (SSSR count). The number of aromatic nitrogens is 2. The Bertz CT molecular complexity index is 541. The maximum absolute atomic E-state index is 10.9. The van der Waals surface area contributed by atoms with E-state index in [0.29, 0.717) is 0 Å². The average molecular weight is 256 g/mol. The van der Waals surface area contributed by atoms with Crippen molar-refractivity contribution in [1.82, 2.24) is 9.55 Å². The topological polar surface area (TPSA) is 38.0 Å². The number of aliphatic hydroxyl groups is 1. The molecule has 1 heterocycles. The lowest BCUT2D eigenvalue weighted by atomic mass is 9.74. The van der Waals surface area contributed by atoms with Gasteiger partial charge in [-0.1, -0.05) is 43.2 Å². The van der Waals surface area contributed by atoms with Gasteiger partial charge in [-0.25, -0.2) is 4.98 Å². The van der Waals surface area contributed by atoms with Crippen LogP contribution in [0.3, 0.4) is 0 Å². The zero-order chi connectivity index (χ0) is 13.3. The highest BCUT2D eigenvalue weighted by molar-refractivity contribution is 5.30. The third-order valence-electron chi connectivity index (χ3n) is 4.47. The minimum Gasteiger partial charge on any atom is -0.384 e. The molecular formula is C16H20N2O. The Morgan fingerprint density at radius 2 is 1.89 bits per heavy atom. The van der Waals surface area contributed by atoms with Crippen molar-refractivity contribution in [3.63, 3.8) is 0 Å². The second-order valence-electron chi connectivity index (χ2n) is 5.53. The van der Waals surface area contributed by atoms with Gasteiger partial charge >= 0.3 is 0 Å². The number of aryl methyl sites for hydroxylation is 1. The van der Waals surface area contributed by atoms with E-state index >= 15 is 0 Å². The summed E-state index contributed by atoms with van der Waals surface area (Å²) in [5.41, 5.74) is 1.07. The molecule has 3 heteroatoms. The van der Waals surface area contributed by atoms with Crippen LogP contribution in [-0.2, 0) is 12.5 Å². The lowest BCUT2D eigenvalue weighted by Crippen LogP contribution is -2.32. The minimum absolute atomic E-state index is 0.166. The molecule has 1 aromatic carbocycles. The zero-order valence-corrected chi connectivity index (χ0v) is 11.3. The number of rotatable bonds is 3. The van der Waals surface area contributed by atoms with Gasteiger partial charge in [-0.05, 0) is 18.4 Å². The van der Waals surface area contributed by atoms with Gasteiger partial charge in [0.25, 0.3) is 0 Å². The highest BCUT2D eigenvalue weighted by Crippen LogP contribution is 2.49. The molecule has 0 aliphatic heterocycles. The second-order valence-corrected chi connectivity index (χ2v) is 5.53. The summed E-state index contributed by atoms with van der Waals surface area (Å²) >= 11 is 0. The van der Waals surface area contributed by atoms with E-state index in [2.05, 4.69) is 29.2 Å². The summed E-state index contributed by atoms with van der Waals surface area (Å²) in [5.74, 6) is 0.769. The summed E-state index contributed by atoms with van der Waals surface area (Å²) in [7, 11) is 1.94. The molecule has 0 bridgehead atoms. The first-order chi connectivity index (χ1) is 9.24. The SMILES string of the molecule is Cn1ccnc1C(O)C1(c2ccccc2)CCCC1. The van der Waals surface area contributed by atoms with E-state index in [-0.39, 0.29) is 5.41 Å². The summed E-state index contributed by atoms with van der Waals surface area (Å²) in [6.45, 7) is 0. The van der Waals surface area contributed by atoms with Gasteiger partial charge in [0.2, 0.25) is 0 Å².